The zero-order valence-electron chi connectivity index (χ0n) is 68.5. The molecule has 0 aliphatic heterocycles. The van der Waals surface area contributed by atoms with Crippen molar-refractivity contribution in [3.63, 3.8) is 0 Å². The molecule has 0 saturated heterocycles. The Morgan fingerprint density at radius 1 is 0.279 bits per heavy atom. The Morgan fingerprint density at radius 3 is 0.731 bits per heavy atom. The fraction of sp³-hybridized carbons (Fsp3) is 0.953. The Morgan fingerprint density at radius 2 is 0.490 bits per heavy atom. The van der Waals surface area contributed by atoms with Gasteiger partial charge in [0, 0.05) is 25.7 Å². The summed E-state index contributed by atoms with van der Waals surface area (Å²) in [7, 11) is -9.92. The Labute approximate surface area is 638 Å². The molecule has 3 unspecified atom stereocenters. The third-order valence-corrected chi connectivity index (χ3v) is 22.1. The lowest BCUT2D eigenvalue weighted by atomic mass is 9.99. The van der Waals surface area contributed by atoms with Crippen molar-refractivity contribution >= 4 is 39.5 Å². The third-order valence-electron chi connectivity index (χ3n) is 20.2. The van der Waals surface area contributed by atoms with Crippen LogP contribution in [-0.4, -0.2) is 96.7 Å². The van der Waals surface area contributed by atoms with Crippen LogP contribution >= 0.6 is 15.6 Å². The molecule has 0 bridgehead atoms. The number of aliphatic hydroxyl groups is 1. The lowest BCUT2D eigenvalue weighted by molar-refractivity contribution is -0.161. The summed E-state index contributed by atoms with van der Waals surface area (Å²) in [5.41, 5.74) is 0. The molecule has 0 aromatic rings. The van der Waals surface area contributed by atoms with Gasteiger partial charge < -0.3 is 33.8 Å². The van der Waals surface area contributed by atoms with Crippen molar-refractivity contribution in [2.75, 3.05) is 39.6 Å². The zero-order valence-corrected chi connectivity index (χ0v) is 70.3. The van der Waals surface area contributed by atoms with E-state index in [0.29, 0.717) is 31.6 Å². The molecular formula is C85H166O17P2. The summed E-state index contributed by atoms with van der Waals surface area (Å²) >= 11 is 0. The minimum atomic E-state index is -4.97. The van der Waals surface area contributed by atoms with Crippen LogP contribution in [0.3, 0.4) is 0 Å². The van der Waals surface area contributed by atoms with Gasteiger partial charge in [0.2, 0.25) is 0 Å². The molecule has 0 fully saturated rings. The van der Waals surface area contributed by atoms with Crippen molar-refractivity contribution in [1.29, 1.82) is 0 Å². The van der Waals surface area contributed by atoms with E-state index in [0.717, 1.165) is 108 Å². The Balaban J connectivity index is 5.19. The van der Waals surface area contributed by atoms with E-state index in [1.165, 1.54) is 250 Å². The molecule has 0 heterocycles. The van der Waals surface area contributed by atoms with Gasteiger partial charge in [-0.2, -0.15) is 0 Å². The van der Waals surface area contributed by atoms with E-state index in [4.69, 9.17) is 37.0 Å². The highest BCUT2D eigenvalue weighted by atomic mass is 31.2. The average molecular weight is 1520 g/mol. The Hall–Kier alpha value is -1.94. The number of rotatable bonds is 83. The number of carbonyl (C=O) groups is 4. The van der Waals surface area contributed by atoms with Gasteiger partial charge in [-0.25, -0.2) is 9.13 Å². The van der Waals surface area contributed by atoms with Gasteiger partial charge in [0.1, 0.15) is 19.3 Å². The molecule has 0 aromatic carbocycles. The van der Waals surface area contributed by atoms with Crippen LogP contribution in [0.1, 0.15) is 447 Å². The van der Waals surface area contributed by atoms with Crippen molar-refractivity contribution in [2.45, 2.75) is 465 Å². The summed E-state index contributed by atoms with van der Waals surface area (Å²) in [6.45, 7) is 11.9. The maximum absolute atomic E-state index is 13.1. The highest BCUT2D eigenvalue weighted by molar-refractivity contribution is 7.47. The lowest BCUT2D eigenvalue weighted by Crippen LogP contribution is -2.30. The monoisotopic (exact) mass is 1520 g/mol. The Bertz CT molecular complexity index is 2010. The summed E-state index contributed by atoms with van der Waals surface area (Å²) in [4.78, 5) is 73.1. The van der Waals surface area contributed by atoms with Crippen molar-refractivity contribution < 1.29 is 80.2 Å². The first-order chi connectivity index (χ1) is 50.3. The van der Waals surface area contributed by atoms with Crippen LogP contribution in [0.25, 0.3) is 0 Å². The molecule has 0 spiro atoms. The van der Waals surface area contributed by atoms with E-state index in [2.05, 4.69) is 48.5 Å². The first-order valence-electron chi connectivity index (χ1n) is 43.9. The second-order valence-electron chi connectivity index (χ2n) is 31.8. The summed E-state index contributed by atoms with van der Waals surface area (Å²) in [5, 5.41) is 10.7. The van der Waals surface area contributed by atoms with Gasteiger partial charge in [0.25, 0.3) is 0 Å². The SMILES string of the molecule is CCCCCCCCCCCCCCCCCCCCCCC(=O)OC[C@H](COP(=O)(O)OC[C@@H](O)COP(=O)(O)OC[C@@H](COC(=O)CCCCCCCCC(C)C)OC(=O)CCCCCCCCCCCCC(C)C)OC(=O)CCCCCCCCCCCCCCCCCCCCC(C)CC. The van der Waals surface area contributed by atoms with E-state index < -0.39 is 97.5 Å². The zero-order chi connectivity index (χ0) is 76.5. The second kappa shape index (κ2) is 75.1. The van der Waals surface area contributed by atoms with Crippen LogP contribution in [0.5, 0.6) is 0 Å². The van der Waals surface area contributed by atoms with Crippen LogP contribution in [0, 0.1) is 17.8 Å². The second-order valence-corrected chi connectivity index (χ2v) is 34.7. The van der Waals surface area contributed by atoms with Gasteiger partial charge in [-0.05, 0) is 43.4 Å². The number of carbonyl (C=O) groups excluding carboxylic acids is 4. The summed E-state index contributed by atoms with van der Waals surface area (Å²) in [5.74, 6) is 0.192. The van der Waals surface area contributed by atoms with Crippen molar-refractivity contribution in [3.8, 4) is 0 Å². The number of hydrogen-bond donors (Lipinski definition) is 3. The van der Waals surface area contributed by atoms with Gasteiger partial charge in [-0.15, -0.1) is 0 Å². The molecule has 0 amide bonds. The van der Waals surface area contributed by atoms with Crippen LogP contribution in [-0.2, 0) is 65.4 Å². The normalized spacial score (nSPS) is 14.2. The summed E-state index contributed by atoms with van der Waals surface area (Å²) in [6, 6.07) is 0. The van der Waals surface area contributed by atoms with E-state index in [9.17, 15) is 43.2 Å². The fourth-order valence-corrected chi connectivity index (χ4v) is 14.7. The van der Waals surface area contributed by atoms with Crippen LogP contribution in [0.15, 0.2) is 0 Å². The van der Waals surface area contributed by atoms with E-state index in [1.807, 2.05) is 0 Å². The molecule has 3 N–H and O–H groups in total. The van der Waals surface area contributed by atoms with Gasteiger partial charge in [-0.3, -0.25) is 37.3 Å². The van der Waals surface area contributed by atoms with Gasteiger partial charge in [-0.1, -0.05) is 395 Å². The number of phosphoric ester groups is 2. The summed E-state index contributed by atoms with van der Waals surface area (Å²) < 4.78 is 68.8. The molecule has 0 aliphatic carbocycles. The minimum Gasteiger partial charge on any atom is -0.462 e. The van der Waals surface area contributed by atoms with E-state index in [1.54, 1.807) is 0 Å². The lowest BCUT2D eigenvalue weighted by Gasteiger charge is -2.21. The molecule has 104 heavy (non-hydrogen) atoms. The molecule has 0 saturated carbocycles. The number of unbranched alkanes of at least 4 members (excludes halogenated alkanes) is 50. The molecule has 0 rings (SSSR count). The van der Waals surface area contributed by atoms with E-state index in [-0.39, 0.29) is 25.7 Å². The number of hydrogen-bond acceptors (Lipinski definition) is 15. The summed E-state index contributed by atoms with van der Waals surface area (Å²) in [6.07, 6.45) is 65.6. The quantitative estimate of drug-likeness (QED) is 0.0222. The molecule has 0 aliphatic rings. The molecular weight excluding hydrogens is 1350 g/mol. The fourth-order valence-electron chi connectivity index (χ4n) is 13.2. The molecule has 0 radical (unpaired) electrons. The predicted molar refractivity (Wildman–Crippen MR) is 428 cm³/mol. The largest absolute Gasteiger partial charge is 0.472 e. The van der Waals surface area contributed by atoms with Crippen LogP contribution in [0.2, 0.25) is 0 Å². The first kappa shape index (κ1) is 102. The van der Waals surface area contributed by atoms with Gasteiger partial charge >= 0.3 is 39.5 Å². The number of aliphatic hydroxyl groups excluding tert-OH is 1. The smallest absolute Gasteiger partial charge is 0.462 e. The Kier molecular flexibility index (Phi) is 73.7. The highest BCUT2D eigenvalue weighted by Gasteiger charge is 2.30. The average Bonchev–Trinajstić information content (AvgIpc) is 0.904. The molecule has 0 aromatic heterocycles. The van der Waals surface area contributed by atoms with Crippen molar-refractivity contribution in [3.05, 3.63) is 0 Å². The maximum Gasteiger partial charge on any atom is 0.472 e. The predicted octanol–water partition coefficient (Wildman–Crippen LogP) is 25.7. The third kappa shape index (κ3) is 76.8. The van der Waals surface area contributed by atoms with Gasteiger partial charge in [0.15, 0.2) is 12.2 Å². The topological polar surface area (TPSA) is 237 Å². The standard InChI is InChI=1S/C85H166O17P2/c1-8-10-11-12-13-14-15-16-17-18-19-20-24-27-30-33-39-44-52-59-66-82(87)95-72-80(101-84(89)68-61-54-45-40-34-31-28-25-22-21-23-26-29-32-38-43-51-58-65-78(7)9-2)74-99-103(91,92)97-70-79(86)71-98-104(93,94)100-75-81(73-96-83(88)67-60-53-48-47-50-57-64-77(5)6)102-85(90)69-62-55-46-41-36-35-37-42-49-56-63-76(3)4/h76-81,86H,8-75H2,1-7H3,(H,91,92)(H,93,94)/t78?,79-,80-,81-/m1/s1. The molecule has 17 nitrogen and oxygen atoms in total. The number of ether oxygens (including phenoxy) is 4. The van der Waals surface area contributed by atoms with Crippen molar-refractivity contribution in [2.24, 2.45) is 17.8 Å². The molecule has 618 valence electrons. The van der Waals surface area contributed by atoms with Crippen LogP contribution in [0.4, 0.5) is 0 Å². The number of phosphoric acid groups is 2. The highest BCUT2D eigenvalue weighted by Crippen LogP contribution is 2.45. The minimum absolute atomic E-state index is 0.105. The number of esters is 4. The molecule has 19 heteroatoms. The molecule has 6 atom stereocenters. The van der Waals surface area contributed by atoms with Gasteiger partial charge in [0.05, 0.1) is 26.4 Å². The maximum atomic E-state index is 13.1. The van der Waals surface area contributed by atoms with Crippen molar-refractivity contribution in [1.82, 2.24) is 0 Å². The van der Waals surface area contributed by atoms with E-state index >= 15 is 0 Å². The van der Waals surface area contributed by atoms with Crippen LogP contribution < -0.4 is 0 Å². The first-order valence-corrected chi connectivity index (χ1v) is 46.9.